The van der Waals surface area contributed by atoms with E-state index >= 15 is 0 Å². The van der Waals surface area contributed by atoms with Crippen molar-refractivity contribution < 1.29 is 9.53 Å². The lowest BCUT2D eigenvalue weighted by atomic mass is 10.0. The average Bonchev–Trinajstić information content (AvgIpc) is 3.21. The number of ether oxygens (including phenoxy) is 1. The number of pyridine rings is 1. The summed E-state index contributed by atoms with van der Waals surface area (Å²) in [6, 6.07) is 3.71. The van der Waals surface area contributed by atoms with Crippen molar-refractivity contribution >= 4 is 5.91 Å². The molecular weight excluding hydrogens is 404 g/mol. The Morgan fingerprint density at radius 2 is 2.03 bits per heavy atom. The maximum absolute atomic E-state index is 12.6. The Hall–Kier alpha value is -4.07. The maximum Gasteiger partial charge on any atom is 0.270 e. The fourth-order valence-electron chi connectivity index (χ4n) is 3.29. The van der Waals surface area contributed by atoms with Gasteiger partial charge in [0.2, 0.25) is 5.88 Å². The third kappa shape index (κ3) is 4.49. The Morgan fingerprint density at radius 1 is 1.22 bits per heavy atom. The molecule has 0 saturated carbocycles. The van der Waals surface area contributed by atoms with Crippen LogP contribution in [0.2, 0.25) is 0 Å². The topological polar surface area (TPSA) is 94.8 Å². The molecule has 4 rings (SSSR count). The molecule has 0 saturated heterocycles. The third-order valence-corrected chi connectivity index (χ3v) is 4.89. The summed E-state index contributed by atoms with van der Waals surface area (Å²) in [5.41, 5.74) is 5.30. The van der Waals surface area contributed by atoms with Crippen molar-refractivity contribution in [2.45, 2.75) is 20.4 Å². The molecule has 1 amide bonds. The summed E-state index contributed by atoms with van der Waals surface area (Å²) in [5.74, 6) is 0.205. The predicted octanol–water partition coefficient (Wildman–Crippen LogP) is 3.60. The highest BCUT2D eigenvalue weighted by Gasteiger charge is 2.28. The van der Waals surface area contributed by atoms with Gasteiger partial charge in [-0.1, -0.05) is 30.4 Å². The molecule has 0 aliphatic carbocycles. The molecule has 32 heavy (non-hydrogen) atoms. The Kier molecular flexibility index (Phi) is 6.21. The van der Waals surface area contributed by atoms with Crippen molar-refractivity contribution in [3.63, 3.8) is 0 Å². The first-order valence-corrected chi connectivity index (χ1v) is 10.3. The Balaban J connectivity index is 1.65. The van der Waals surface area contributed by atoms with E-state index in [0.717, 1.165) is 11.1 Å². The number of allylic oxidation sites excluding steroid dienone is 3. The molecule has 1 aliphatic rings. The summed E-state index contributed by atoms with van der Waals surface area (Å²) in [6.07, 6.45) is 12.3. The van der Waals surface area contributed by atoms with Crippen LogP contribution >= 0.6 is 0 Å². The molecule has 0 radical (unpaired) electrons. The van der Waals surface area contributed by atoms with E-state index in [-0.39, 0.29) is 5.91 Å². The van der Waals surface area contributed by atoms with Crippen LogP contribution in [0, 0.1) is 0 Å². The second kappa shape index (κ2) is 9.38. The van der Waals surface area contributed by atoms with Crippen molar-refractivity contribution in [1.82, 2.24) is 30.0 Å². The van der Waals surface area contributed by atoms with E-state index in [4.69, 9.17) is 4.74 Å². The minimum atomic E-state index is -0.179. The van der Waals surface area contributed by atoms with Crippen LogP contribution in [-0.2, 0) is 6.54 Å². The van der Waals surface area contributed by atoms with Gasteiger partial charge in [-0.15, -0.1) is 0 Å². The minimum absolute atomic E-state index is 0.179. The van der Waals surface area contributed by atoms with Gasteiger partial charge in [0.25, 0.3) is 5.91 Å². The van der Waals surface area contributed by atoms with Gasteiger partial charge in [0.1, 0.15) is 18.0 Å². The summed E-state index contributed by atoms with van der Waals surface area (Å²) in [6.45, 7) is 9.33. The monoisotopic (exact) mass is 428 g/mol. The zero-order chi connectivity index (χ0) is 22.5. The first-order chi connectivity index (χ1) is 15.6. The minimum Gasteiger partial charge on any atom is -0.472 e. The maximum atomic E-state index is 12.6. The third-order valence-electron chi connectivity index (χ3n) is 4.89. The van der Waals surface area contributed by atoms with Gasteiger partial charge in [-0.2, -0.15) is 5.10 Å². The standard InChI is InChI=1S/C24H24N6O2/c1-4-17(6-5-16(2)3)15-32-20-14-27-19(13-28-20)21-22(18-7-9-25-10-8-18)29-30-12-11-26-24(31)23(21)30/h4-10,13-14H,1,11-12,15H2,2-3H3,(H,26,31)/b17-6+. The van der Waals surface area contributed by atoms with Crippen molar-refractivity contribution in [2.24, 2.45) is 0 Å². The highest BCUT2D eigenvalue weighted by molar-refractivity contribution is 6.02. The molecular formula is C24H24N6O2. The van der Waals surface area contributed by atoms with E-state index in [0.29, 0.717) is 48.2 Å². The molecule has 4 heterocycles. The van der Waals surface area contributed by atoms with E-state index in [1.165, 1.54) is 5.57 Å². The van der Waals surface area contributed by atoms with E-state index in [1.54, 1.807) is 35.5 Å². The number of carbonyl (C=O) groups is 1. The fraction of sp³-hybridized carbons (Fsp3) is 0.208. The summed E-state index contributed by atoms with van der Waals surface area (Å²) in [7, 11) is 0. The van der Waals surface area contributed by atoms with Crippen LogP contribution in [0.15, 0.2) is 72.9 Å². The van der Waals surface area contributed by atoms with Crippen molar-refractivity contribution in [3.05, 3.63) is 78.6 Å². The van der Waals surface area contributed by atoms with E-state index in [9.17, 15) is 4.79 Å². The summed E-state index contributed by atoms with van der Waals surface area (Å²) < 4.78 is 7.48. The summed E-state index contributed by atoms with van der Waals surface area (Å²) in [4.78, 5) is 25.6. The van der Waals surface area contributed by atoms with Gasteiger partial charge in [-0.3, -0.25) is 14.5 Å². The molecule has 3 aromatic heterocycles. The number of hydrogen-bond acceptors (Lipinski definition) is 6. The highest BCUT2D eigenvalue weighted by atomic mass is 16.5. The van der Waals surface area contributed by atoms with Crippen LogP contribution < -0.4 is 10.1 Å². The van der Waals surface area contributed by atoms with Crippen LogP contribution in [0.1, 0.15) is 24.3 Å². The van der Waals surface area contributed by atoms with Gasteiger partial charge in [0.05, 0.1) is 30.2 Å². The van der Waals surface area contributed by atoms with E-state index in [1.807, 2.05) is 38.1 Å². The van der Waals surface area contributed by atoms with Crippen molar-refractivity contribution in [1.29, 1.82) is 0 Å². The molecule has 8 nitrogen and oxygen atoms in total. The number of rotatable bonds is 7. The zero-order valence-corrected chi connectivity index (χ0v) is 18.1. The van der Waals surface area contributed by atoms with Gasteiger partial charge in [0, 0.05) is 24.5 Å². The molecule has 0 unspecified atom stereocenters. The number of nitrogens with one attached hydrogen (secondary N) is 1. The molecule has 3 aromatic rings. The number of amides is 1. The number of nitrogens with zero attached hydrogens (tertiary/aromatic N) is 5. The largest absolute Gasteiger partial charge is 0.472 e. The molecule has 1 aliphatic heterocycles. The zero-order valence-electron chi connectivity index (χ0n) is 18.1. The van der Waals surface area contributed by atoms with Crippen molar-refractivity contribution in [3.8, 4) is 28.4 Å². The fourth-order valence-corrected chi connectivity index (χ4v) is 3.29. The number of fused-ring (bicyclic) bond motifs is 1. The quantitative estimate of drug-likeness (QED) is 0.578. The van der Waals surface area contributed by atoms with Crippen LogP contribution in [0.3, 0.4) is 0 Å². The first kappa shape index (κ1) is 21.2. The Labute approximate surface area is 186 Å². The molecule has 0 fully saturated rings. The number of aromatic nitrogens is 5. The normalized spacial score (nSPS) is 13.2. The Morgan fingerprint density at radius 3 is 2.72 bits per heavy atom. The number of carbonyl (C=O) groups excluding carboxylic acids is 1. The molecule has 162 valence electrons. The van der Waals surface area contributed by atoms with Gasteiger partial charge < -0.3 is 10.1 Å². The first-order valence-electron chi connectivity index (χ1n) is 10.3. The molecule has 0 bridgehead atoms. The number of hydrogen-bond donors (Lipinski definition) is 1. The average molecular weight is 428 g/mol. The molecule has 0 aromatic carbocycles. The smallest absolute Gasteiger partial charge is 0.270 e. The van der Waals surface area contributed by atoms with Gasteiger partial charge in [-0.25, -0.2) is 9.97 Å². The molecule has 0 spiro atoms. The van der Waals surface area contributed by atoms with Gasteiger partial charge in [-0.05, 0) is 31.6 Å². The molecule has 1 N–H and O–H groups in total. The van der Waals surface area contributed by atoms with Gasteiger partial charge >= 0.3 is 0 Å². The van der Waals surface area contributed by atoms with Crippen LogP contribution in [0.25, 0.3) is 22.5 Å². The van der Waals surface area contributed by atoms with Crippen LogP contribution in [-0.4, -0.2) is 43.8 Å². The second-order valence-corrected chi connectivity index (χ2v) is 7.51. The molecule has 0 atom stereocenters. The predicted molar refractivity (Wildman–Crippen MR) is 122 cm³/mol. The summed E-state index contributed by atoms with van der Waals surface area (Å²) in [5, 5.41) is 7.56. The SMILES string of the molecule is C=C/C(=C\C=C(C)C)COc1cnc(-c2c(-c3ccncc3)nn3c2C(=O)NCC3)cn1. The summed E-state index contributed by atoms with van der Waals surface area (Å²) >= 11 is 0. The van der Waals surface area contributed by atoms with E-state index < -0.39 is 0 Å². The second-order valence-electron chi connectivity index (χ2n) is 7.51. The van der Waals surface area contributed by atoms with Gasteiger partial charge in [0.15, 0.2) is 0 Å². The lowest BCUT2D eigenvalue weighted by Gasteiger charge is -2.15. The van der Waals surface area contributed by atoms with Crippen molar-refractivity contribution in [2.75, 3.05) is 13.2 Å². The lowest BCUT2D eigenvalue weighted by Crippen LogP contribution is -2.35. The molecule has 8 heteroatoms. The van der Waals surface area contributed by atoms with Crippen LogP contribution in [0.5, 0.6) is 5.88 Å². The Bertz CT molecular complexity index is 1190. The van der Waals surface area contributed by atoms with Crippen LogP contribution in [0.4, 0.5) is 0 Å². The lowest BCUT2D eigenvalue weighted by molar-refractivity contribution is 0.0925. The van der Waals surface area contributed by atoms with E-state index in [2.05, 4.69) is 31.9 Å². The highest BCUT2D eigenvalue weighted by Crippen LogP contribution is 2.34.